The molecule has 0 unspecified atom stereocenters. The second kappa shape index (κ2) is 4.86. The number of rotatable bonds is 2. The number of hydrogen-bond donors (Lipinski definition) is 0. The van der Waals surface area contributed by atoms with Gasteiger partial charge in [-0.05, 0) is 37.1 Å². The summed E-state index contributed by atoms with van der Waals surface area (Å²) >= 11 is 8.95. The molecule has 0 N–H and O–H groups in total. The minimum atomic E-state index is -0.496. The molecule has 1 amide bonds. The van der Waals surface area contributed by atoms with E-state index in [1.54, 1.807) is 6.07 Å². The standard InChI is InChI=1S/C13H11BrClNO2/c1-7(5-15)6-16-11-8(2)3-9(14)4-10(11)12(17)13(16)18/h3-5H,6H2,1-2H3/b7-5-. The Morgan fingerprint density at radius 2 is 2.11 bits per heavy atom. The highest BCUT2D eigenvalue weighted by atomic mass is 79.9. The van der Waals surface area contributed by atoms with Gasteiger partial charge in [-0.1, -0.05) is 27.5 Å². The van der Waals surface area contributed by atoms with Crippen molar-refractivity contribution in [1.82, 2.24) is 0 Å². The highest BCUT2D eigenvalue weighted by Gasteiger charge is 2.37. The third kappa shape index (κ3) is 2.10. The lowest BCUT2D eigenvalue weighted by molar-refractivity contribution is -0.114. The van der Waals surface area contributed by atoms with Crippen molar-refractivity contribution in [1.29, 1.82) is 0 Å². The van der Waals surface area contributed by atoms with Crippen LogP contribution < -0.4 is 4.90 Å². The molecule has 0 spiro atoms. The maximum Gasteiger partial charge on any atom is 0.299 e. The number of carbonyl (C=O) groups is 2. The van der Waals surface area contributed by atoms with Crippen molar-refractivity contribution in [3.05, 3.63) is 38.8 Å². The summed E-state index contributed by atoms with van der Waals surface area (Å²) in [4.78, 5) is 25.4. The molecule has 1 heterocycles. The predicted octanol–water partition coefficient (Wildman–Crippen LogP) is 3.43. The Morgan fingerprint density at radius 3 is 2.72 bits per heavy atom. The first-order valence-electron chi connectivity index (χ1n) is 5.38. The largest absolute Gasteiger partial charge is 0.300 e. The van der Waals surface area contributed by atoms with Crippen LogP contribution in [0.25, 0.3) is 0 Å². The van der Waals surface area contributed by atoms with E-state index in [1.165, 1.54) is 10.4 Å². The van der Waals surface area contributed by atoms with Crippen LogP contribution >= 0.6 is 27.5 Å². The fourth-order valence-corrected chi connectivity index (χ4v) is 2.68. The van der Waals surface area contributed by atoms with E-state index in [-0.39, 0.29) is 0 Å². The molecule has 5 heteroatoms. The number of benzene rings is 1. The molecular weight excluding hydrogens is 318 g/mol. The zero-order chi connectivity index (χ0) is 13.4. The average Bonchev–Trinajstić information content (AvgIpc) is 2.54. The summed E-state index contributed by atoms with van der Waals surface area (Å²) in [5.74, 6) is -0.958. The van der Waals surface area contributed by atoms with Gasteiger partial charge >= 0.3 is 0 Å². The maximum atomic E-state index is 12.0. The highest BCUT2D eigenvalue weighted by Crippen LogP contribution is 2.35. The highest BCUT2D eigenvalue weighted by molar-refractivity contribution is 9.10. The lowest BCUT2D eigenvalue weighted by Gasteiger charge is -2.18. The van der Waals surface area contributed by atoms with E-state index in [0.29, 0.717) is 17.8 Å². The van der Waals surface area contributed by atoms with Gasteiger partial charge in [-0.15, -0.1) is 0 Å². The van der Waals surface area contributed by atoms with Crippen LogP contribution in [0.1, 0.15) is 22.8 Å². The van der Waals surface area contributed by atoms with E-state index in [9.17, 15) is 9.59 Å². The Bertz CT molecular complexity index is 581. The van der Waals surface area contributed by atoms with Crippen molar-refractivity contribution < 1.29 is 9.59 Å². The average molecular weight is 329 g/mol. The molecule has 0 bridgehead atoms. The van der Waals surface area contributed by atoms with Crippen molar-refractivity contribution in [3.63, 3.8) is 0 Å². The quantitative estimate of drug-likeness (QED) is 0.780. The van der Waals surface area contributed by atoms with E-state index in [4.69, 9.17) is 11.6 Å². The Labute approximate surface area is 119 Å². The lowest BCUT2D eigenvalue weighted by Crippen LogP contribution is -2.31. The van der Waals surface area contributed by atoms with Gasteiger partial charge in [0.25, 0.3) is 11.7 Å². The van der Waals surface area contributed by atoms with E-state index in [0.717, 1.165) is 15.6 Å². The van der Waals surface area contributed by atoms with E-state index >= 15 is 0 Å². The fourth-order valence-electron chi connectivity index (χ4n) is 2.04. The molecule has 3 nitrogen and oxygen atoms in total. The molecule has 0 aliphatic carbocycles. The van der Waals surface area contributed by atoms with Crippen LogP contribution in [0.4, 0.5) is 5.69 Å². The van der Waals surface area contributed by atoms with E-state index in [2.05, 4.69) is 15.9 Å². The Morgan fingerprint density at radius 1 is 1.44 bits per heavy atom. The van der Waals surface area contributed by atoms with Gasteiger partial charge in [-0.2, -0.15) is 0 Å². The third-order valence-electron chi connectivity index (χ3n) is 2.81. The third-order valence-corrected chi connectivity index (χ3v) is 3.64. The Hall–Kier alpha value is -1.13. The minimum Gasteiger partial charge on any atom is -0.300 e. The van der Waals surface area contributed by atoms with Gasteiger partial charge in [-0.25, -0.2) is 0 Å². The summed E-state index contributed by atoms with van der Waals surface area (Å²) in [6, 6.07) is 3.57. The van der Waals surface area contributed by atoms with Gasteiger partial charge in [0.15, 0.2) is 0 Å². The molecule has 1 aliphatic heterocycles. The SMILES string of the molecule is C/C(=C/Cl)CN1C(=O)C(=O)c2cc(Br)cc(C)c21. The maximum absolute atomic E-state index is 12.0. The van der Waals surface area contributed by atoms with Gasteiger partial charge in [-0.3, -0.25) is 9.59 Å². The number of halogens is 2. The molecule has 94 valence electrons. The van der Waals surface area contributed by atoms with Gasteiger partial charge in [0.05, 0.1) is 11.3 Å². The molecule has 18 heavy (non-hydrogen) atoms. The number of anilines is 1. The van der Waals surface area contributed by atoms with Crippen molar-refractivity contribution in [2.75, 3.05) is 11.4 Å². The van der Waals surface area contributed by atoms with Crippen LogP contribution in [0.3, 0.4) is 0 Å². The number of hydrogen-bond acceptors (Lipinski definition) is 2. The summed E-state index contributed by atoms with van der Waals surface area (Å²) in [6.07, 6.45) is 0. The van der Waals surface area contributed by atoms with E-state index < -0.39 is 11.7 Å². The number of nitrogens with zero attached hydrogens (tertiary/aromatic N) is 1. The molecule has 0 atom stereocenters. The number of aryl methyl sites for hydroxylation is 1. The van der Waals surface area contributed by atoms with Crippen LogP contribution in [0.5, 0.6) is 0 Å². The number of carbonyl (C=O) groups excluding carboxylic acids is 2. The molecule has 0 radical (unpaired) electrons. The second-order valence-electron chi connectivity index (χ2n) is 4.29. The first-order chi connectivity index (χ1) is 8.45. The number of Topliss-reactive ketones (excluding diaryl/α,β-unsaturated/α-hetero) is 1. The number of ketones is 1. The van der Waals surface area contributed by atoms with Crippen molar-refractivity contribution in [2.45, 2.75) is 13.8 Å². The van der Waals surface area contributed by atoms with Crippen LogP contribution in [0.15, 0.2) is 27.7 Å². The van der Waals surface area contributed by atoms with Gasteiger partial charge in [0, 0.05) is 16.6 Å². The molecule has 1 aromatic rings. The van der Waals surface area contributed by atoms with Crippen LogP contribution in [0, 0.1) is 6.92 Å². The van der Waals surface area contributed by atoms with Gasteiger partial charge in [0.1, 0.15) is 0 Å². The second-order valence-corrected chi connectivity index (χ2v) is 5.43. The Kier molecular flexibility index (Phi) is 3.59. The van der Waals surface area contributed by atoms with Crippen LogP contribution in [-0.4, -0.2) is 18.2 Å². The monoisotopic (exact) mass is 327 g/mol. The zero-order valence-electron chi connectivity index (χ0n) is 9.96. The topological polar surface area (TPSA) is 37.4 Å². The molecule has 2 rings (SSSR count). The summed E-state index contributed by atoms with van der Waals surface area (Å²) in [5, 5.41) is 0. The minimum absolute atomic E-state index is 0.337. The first kappa shape index (κ1) is 13.3. The van der Waals surface area contributed by atoms with Crippen molar-refractivity contribution in [3.8, 4) is 0 Å². The molecule has 0 saturated heterocycles. The zero-order valence-corrected chi connectivity index (χ0v) is 12.3. The number of amides is 1. The summed E-state index contributed by atoms with van der Waals surface area (Å²) in [6.45, 7) is 4.03. The molecular formula is C13H11BrClNO2. The van der Waals surface area contributed by atoms with Crippen LogP contribution in [-0.2, 0) is 4.79 Å². The van der Waals surface area contributed by atoms with E-state index in [1.807, 2.05) is 19.9 Å². The predicted molar refractivity (Wildman–Crippen MR) is 75.2 cm³/mol. The molecule has 0 fully saturated rings. The lowest BCUT2D eigenvalue weighted by atomic mass is 10.1. The molecule has 1 aromatic carbocycles. The molecule has 0 aromatic heterocycles. The van der Waals surface area contributed by atoms with Crippen molar-refractivity contribution >= 4 is 44.9 Å². The van der Waals surface area contributed by atoms with Crippen LogP contribution in [0.2, 0.25) is 0 Å². The molecule has 0 saturated carbocycles. The van der Waals surface area contributed by atoms with Crippen molar-refractivity contribution in [2.24, 2.45) is 0 Å². The first-order valence-corrected chi connectivity index (χ1v) is 6.61. The number of fused-ring (bicyclic) bond motifs is 1. The summed E-state index contributed by atoms with van der Waals surface area (Å²) in [5.41, 5.74) is 4.28. The summed E-state index contributed by atoms with van der Waals surface area (Å²) in [7, 11) is 0. The summed E-state index contributed by atoms with van der Waals surface area (Å²) < 4.78 is 0.798. The molecule has 1 aliphatic rings. The van der Waals surface area contributed by atoms with Gasteiger partial charge < -0.3 is 4.90 Å². The normalized spacial score (nSPS) is 15.3. The smallest absolute Gasteiger partial charge is 0.299 e. The Balaban J connectivity index is 2.55. The fraction of sp³-hybridized carbons (Fsp3) is 0.231. The van der Waals surface area contributed by atoms with Gasteiger partial charge in [0.2, 0.25) is 0 Å².